The number of fused-ring (bicyclic) bond motifs is 3. The highest BCUT2D eigenvalue weighted by Crippen LogP contribution is 2.36. The molecule has 1 aliphatic carbocycles. The lowest BCUT2D eigenvalue weighted by atomic mass is 9.84. The average molecular weight is 259 g/mol. The Bertz CT molecular complexity index is 483. The van der Waals surface area contributed by atoms with E-state index in [1.54, 1.807) is 0 Å². The molecule has 0 aromatic carbocycles. The van der Waals surface area contributed by atoms with Crippen LogP contribution in [0.1, 0.15) is 42.2 Å². The monoisotopic (exact) mass is 259 g/mol. The molecule has 4 fully saturated rings. The van der Waals surface area contributed by atoms with Crippen LogP contribution < -0.4 is 5.32 Å². The summed E-state index contributed by atoms with van der Waals surface area (Å²) in [4.78, 5) is 14.9. The zero-order valence-electron chi connectivity index (χ0n) is 11.2. The third-order valence-corrected chi connectivity index (χ3v) is 4.92. The molecule has 3 aliphatic heterocycles. The number of nitrogens with one attached hydrogen (secondary N) is 1. The summed E-state index contributed by atoms with van der Waals surface area (Å²) in [6.07, 6.45) is 6.97. The van der Waals surface area contributed by atoms with Gasteiger partial charge in [0.25, 0.3) is 5.91 Å². The molecule has 0 radical (unpaired) electrons. The zero-order valence-corrected chi connectivity index (χ0v) is 11.2. The quantitative estimate of drug-likeness (QED) is 0.896. The van der Waals surface area contributed by atoms with E-state index < -0.39 is 0 Å². The first-order valence-corrected chi connectivity index (χ1v) is 7.51. The second-order valence-corrected chi connectivity index (χ2v) is 6.25. The topological polar surface area (TPSA) is 37.3 Å². The fourth-order valence-electron chi connectivity index (χ4n) is 3.63. The van der Waals surface area contributed by atoms with Gasteiger partial charge in [-0.1, -0.05) is 0 Å². The van der Waals surface area contributed by atoms with E-state index in [2.05, 4.69) is 14.8 Å². The third-order valence-electron chi connectivity index (χ3n) is 4.92. The number of nitrogens with zero attached hydrogens (tertiary/aromatic N) is 2. The first-order valence-electron chi connectivity index (χ1n) is 7.51. The summed E-state index contributed by atoms with van der Waals surface area (Å²) in [7, 11) is 0. The predicted molar refractivity (Wildman–Crippen MR) is 73.1 cm³/mol. The molecule has 1 N–H and O–H groups in total. The van der Waals surface area contributed by atoms with Gasteiger partial charge in [0.15, 0.2) is 0 Å². The molecular formula is C15H21N3O. The summed E-state index contributed by atoms with van der Waals surface area (Å²) < 4.78 is 2.15. The van der Waals surface area contributed by atoms with Crippen molar-refractivity contribution in [1.82, 2.24) is 14.8 Å². The highest BCUT2D eigenvalue weighted by molar-refractivity contribution is 5.93. The molecule has 1 amide bonds. The smallest absolute Gasteiger partial charge is 0.268 e. The van der Waals surface area contributed by atoms with Crippen LogP contribution in [0.25, 0.3) is 0 Å². The third kappa shape index (κ3) is 2.08. The number of rotatable bonds is 3. The molecule has 4 aliphatic rings. The summed E-state index contributed by atoms with van der Waals surface area (Å²) >= 11 is 0. The average Bonchev–Trinajstić information content (AvgIpc) is 3.17. The Morgan fingerprint density at radius 2 is 2.00 bits per heavy atom. The Morgan fingerprint density at radius 3 is 2.63 bits per heavy atom. The van der Waals surface area contributed by atoms with E-state index in [0.29, 0.717) is 18.0 Å². The normalized spacial score (nSPS) is 33.4. The van der Waals surface area contributed by atoms with Gasteiger partial charge in [0.05, 0.1) is 0 Å². The molecule has 1 aromatic rings. The zero-order chi connectivity index (χ0) is 12.8. The van der Waals surface area contributed by atoms with Gasteiger partial charge >= 0.3 is 0 Å². The van der Waals surface area contributed by atoms with Crippen molar-refractivity contribution >= 4 is 5.91 Å². The van der Waals surface area contributed by atoms with Gasteiger partial charge in [-0.25, -0.2) is 0 Å². The van der Waals surface area contributed by atoms with Crippen molar-refractivity contribution in [3.8, 4) is 0 Å². The fourth-order valence-corrected chi connectivity index (χ4v) is 3.63. The summed E-state index contributed by atoms with van der Waals surface area (Å²) in [6.45, 7) is 3.48. The molecule has 1 saturated carbocycles. The minimum Gasteiger partial charge on any atom is -0.346 e. The van der Waals surface area contributed by atoms with Crippen molar-refractivity contribution in [3.63, 3.8) is 0 Å². The van der Waals surface area contributed by atoms with Crippen molar-refractivity contribution in [2.24, 2.45) is 5.92 Å². The van der Waals surface area contributed by atoms with Crippen LogP contribution in [-0.4, -0.2) is 41.1 Å². The second-order valence-electron chi connectivity index (χ2n) is 6.25. The van der Waals surface area contributed by atoms with E-state index in [1.807, 2.05) is 18.3 Å². The number of amides is 1. The van der Waals surface area contributed by atoms with Crippen molar-refractivity contribution in [2.45, 2.75) is 37.8 Å². The highest BCUT2D eigenvalue weighted by atomic mass is 16.2. The maximum atomic E-state index is 12.5. The van der Waals surface area contributed by atoms with Gasteiger partial charge in [-0.3, -0.25) is 4.79 Å². The second kappa shape index (κ2) is 4.37. The maximum Gasteiger partial charge on any atom is 0.268 e. The molecule has 0 spiro atoms. The van der Waals surface area contributed by atoms with Crippen molar-refractivity contribution in [3.05, 3.63) is 24.0 Å². The SMILES string of the molecule is O=C(N[C@H]1CN2CCC1CC2)c1cccn1C1CC1. The maximum absolute atomic E-state index is 12.5. The fraction of sp³-hybridized carbons (Fsp3) is 0.667. The Labute approximate surface area is 113 Å². The van der Waals surface area contributed by atoms with E-state index in [-0.39, 0.29) is 5.91 Å². The lowest BCUT2D eigenvalue weighted by Gasteiger charge is -2.44. The van der Waals surface area contributed by atoms with Crippen LogP contribution in [0.2, 0.25) is 0 Å². The first-order chi connectivity index (χ1) is 9.31. The Kier molecular flexibility index (Phi) is 2.65. The largest absolute Gasteiger partial charge is 0.346 e. The van der Waals surface area contributed by atoms with Gasteiger partial charge in [0.2, 0.25) is 0 Å². The molecule has 1 atom stereocenters. The van der Waals surface area contributed by atoms with Crippen LogP contribution in [0.4, 0.5) is 0 Å². The van der Waals surface area contributed by atoms with Crippen molar-refractivity contribution < 1.29 is 4.79 Å². The van der Waals surface area contributed by atoms with Gasteiger partial charge < -0.3 is 14.8 Å². The number of hydrogen-bond donors (Lipinski definition) is 1. The van der Waals surface area contributed by atoms with Gasteiger partial charge in [-0.15, -0.1) is 0 Å². The molecule has 1 aromatic heterocycles. The number of piperidine rings is 3. The number of aromatic nitrogens is 1. The highest BCUT2D eigenvalue weighted by Gasteiger charge is 2.35. The Hall–Kier alpha value is -1.29. The molecular weight excluding hydrogens is 238 g/mol. The minimum atomic E-state index is 0.121. The number of hydrogen-bond acceptors (Lipinski definition) is 2. The van der Waals surface area contributed by atoms with Crippen LogP contribution in [0, 0.1) is 5.92 Å². The molecule has 4 heterocycles. The van der Waals surface area contributed by atoms with Gasteiger partial charge in [-0.05, 0) is 56.8 Å². The van der Waals surface area contributed by atoms with Crippen molar-refractivity contribution in [1.29, 1.82) is 0 Å². The van der Waals surface area contributed by atoms with E-state index in [4.69, 9.17) is 0 Å². The molecule has 3 saturated heterocycles. The standard InChI is InChI=1S/C15H21N3O/c19-15(14-2-1-7-18(14)12-3-4-12)16-13-10-17-8-5-11(13)6-9-17/h1-2,7,11-13H,3-6,8-10H2,(H,16,19)/t13-/m0/s1. The molecule has 0 unspecified atom stereocenters. The molecule has 19 heavy (non-hydrogen) atoms. The van der Waals surface area contributed by atoms with Crippen LogP contribution >= 0.6 is 0 Å². The summed E-state index contributed by atoms with van der Waals surface area (Å²) in [5.41, 5.74) is 0.846. The molecule has 2 bridgehead atoms. The number of carbonyl (C=O) groups excluding carboxylic acids is 1. The molecule has 102 valence electrons. The van der Waals surface area contributed by atoms with E-state index in [1.165, 1.54) is 38.8 Å². The first kappa shape index (κ1) is 11.5. The van der Waals surface area contributed by atoms with E-state index in [0.717, 1.165) is 12.2 Å². The Balaban J connectivity index is 1.47. The Morgan fingerprint density at radius 1 is 1.21 bits per heavy atom. The number of carbonyl (C=O) groups is 1. The van der Waals surface area contributed by atoms with Gasteiger partial charge in [0, 0.05) is 24.8 Å². The summed E-state index contributed by atoms with van der Waals surface area (Å²) in [5, 5.41) is 3.27. The minimum absolute atomic E-state index is 0.121. The van der Waals surface area contributed by atoms with Crippen LogP contribution in [0.3, 0.4) is 0 Å². The van der Waals surface area contributed by atoms with E-state index >= 15 is 0 Å². The van der Waals surface area contributed by atoms with Crippen LogP contribution in [0.15, 0.2) is 18.3 Å². The molecule has 4 nitrogen and oxygen atoms in total. The lowest BCUT2D eigenvalue weighted by Crippen LogP contribution is -2.57. The lowest BCUT2D eigenvalue weighted by molar-refractivity contribution is 0.0615. The molecule has 5 rings (SSSR count). The summed E-state index contributed by atoms with van der Waals surface area (Å²) in [5.74, 6) is 0.814. The van der Waals surface area contributed by atoms with Crippen LogP contribution in [0.5, 0.6) is 0 Å². The predicted octanol–water partition coefficient (Wildman–Crippen LogP) is 1.65. The van der Waals surface area contributed by atoms with E-state index in [9.17, 15) is 4.79 Å². The van der Waals surface area contributed by atoms with Crippen molar-refractivity contribution in [2.75, 3.05) is 19.6 Å². The molecule has 4 heteroatoms. The van der Waals surface area contributed by atoms with Gasteiger partial charge in [-0.2, -0.15) is 0 Å². The summed E-state index contributed by atoms with van der Waals surface area (Å²) in [6, 6.07) is 4.87. The van der Waals surface area contributed by atoms with Crippen LogP contribution in [-0.2, 0) is 0 Å². The van der Waals surface area contributed by atoms with Gasteiger partial charge in [0.1, 0.15) is 5.69 Å².